The van der Waals surface area contributed by atoms with Gasteiger partial charge in [-0.25, -0.2) is 4.79 Å². The highest BCUT2D eigenvalue weighted by Crippen LogP contribution is 2.24. The molecule has 0 aliphatic carbocycles. The zero-order valence-electron chi connectivity index (χ0n) is 39.7. The van der Waals surface area contributed by atoms with E-state index in [4.69, 9.17) is 18.9 Å². The van der Waals surface area contributed by atoms with Gasteiger partial charge in [-0.15, -0.1) is 0 Å². The minimum absolute atomic E-state index is 0.0362. The van der Waals surface area contributed by atoms with E-state index in [0.717, 1.165) is 64.2 Å². The van der Waals surface area contributed by atoms with Crippen LogP contribution >= 0.6 is 0 Å². The number of esters is 4. The maximum absolute atomic E-state index is 12.6. The van der Waals surface area contributed by atoms with Gasteiger partial charge < -0.3 is 24.1 Å². The second kappa shape index (κ2) is 44.9. The van der Waals surface area contributed by atoms with Crippen LogP contribution in [0.1, 0.15) is 259 Å². The normalized spacial score (nSPS) is 12.8. The molecule has 0 fully saturated rings. The highest BCUT2D eigenvalue weighted by atomic mass is 16.6. The predicted octanol–water partition coefficient (Wildman–Crippen LogP) is 13.9. The number of rotatable bonds is 46. The lowest BCUT2D eigenvalue weighted by Crippen LogP contribution is -2.24. The second-order valence-electron chi connectivity index (χ2n) is 17.7. The summed E-state index contributed by atoms with van der Waals surface area (Å²) < 4.78 is 21.6. The van der Waals surface area contributed by atoms with Crippen LogP contribution in [-0.2, 0) is 38.1 Å². The maximum Gasteiger partial charge on any atom is 0.334 e. The molecular formula is C51H96O9. The second-order valence-corrected chi connectivity index (χ2v) is 17.7. The molecule has 3 atom stereocenters. The van der Waals surface area contributed by atoms with Crippen molar-refractivity contribution in [2.45, 2.75) is 265 Å². The van der Waals surface area contributed by atoms with Gasteiger partial charge in [0.1, 0.15) is 0 Å². The molecule has 0 saturated heterocycles. The van der Waals surface area contributed by atoms with Crippen molar-refractivity contribution in [1.29, 1.82) is 0 Å². The minimum Gasteiger partial charge on any atom is -0.466 e. The molecule has 0 saturated carbocycles. The van der Waals surface area contributed by atoms with Crippen LogP contribution in [0.5, 0.6) is 0 Å². The molecule has 0 aromatic heterocycles. The smallest absolute Gasteiger partial charge is 0.334 e. The van der Waals surface area contributed by atoms with Crippen molar-refractivity contribution in [1.82, 2.24) is 0 Å². The lowest BCUT2D eigenvalue weighted by Gasteiger charge is -2.16. The summed E-state index contributed by atoms with van der Waals surface area (Å²) in [5.41, 5.74) is 0. The van der Waals surface area contributed by atoms with Gasteiger partial charge in [-0.3, -0.25) is 14.4 Å². The average molecular weight is 853 g/mol. The fourth-order valence-electron chi connectivity index (χ4n) is 7.82. The first kappa shape index (κ1) is 57.8. The third-order valence-corrected chi connectivity index (χ3v) is 11.8. The van der Waals surface area contributed by atoms with Crippen LogP contribution in [0.3, 0.4) is 0 Å². The summed E-state index contributed by atoms with van der Waals surface area (Å²) in [5, 5.41) is 10.2. The van der Waals surface area contributed by atoms with Crippen molar-refractivity contribution in [3.05, 3.63) is 0 Å². The van der Waals surface area contributed by atoms with Crippen LogP contribution in [0, 0.1) is 11.8 Å². The molecule has 3 unspecified atom stereocenters. The number of ether oxygens (including phenoxy) is 4. The third kappa shape index (κ3) is 39.9. The Morgan fingerprint density at radius 1 is 0.350 bits per heavy atom. The van der Waals surface area contributed by atoms with Crippen molar-refractivity contribution in [3.63, 3.8) is 0 Å². The predicted molar refractivity (Wildman–Crippen MR) is 246 cm³/mol. The van der Waals surface area contributed by atoms with Crippen LogP contribution < -0.4 is 0 Å². The lowest BCUT2D eigenvalue weighted by molar-refractivity contribution is -0.155. The van der Waals surface area contributed by atoms with Gasteiger partial charge in [0.25, 0.3) is 0 Å². The van der Waals surface area contributed by atoms with Gasteiger partial charge in [0.15, 0.2) is 6.10 Å². The molecule has 0 heterocycles. The van der Waals surface area contributed by atoms with Crippen molar-refractivity contribution >= 4 is 23.9 Å². The van der Waals surface area contributed by atoms with E-state index in [-0.39, 0.29) is 38.0 Å². The van der Waals surface area contributed by atoms with Crippen molar-refractivity contribution < 1.29 is 43.2 Å². The van der Waals surface area contributed by atoms with Gasteiger partial charge in [0.2, 0.25) is 0 Å². The first-order valence-electron chi connectivity index (χ1n) is 25.6. The Balaban J connectivity index is 3.97. The van der Waals surface area contributed by atoms with Gasteiger partial charge in [-0.2, -0.15) is 0 Å². The molecule has 0 amide bonds. The van der Waals surface area contributed by atoms with Gasteiger partial charge in [-0.05, 0) is 95.3 Å². The first-order valence-corrected chi connectivity index (χ1v) is 25.6. The molecule has 0 rings (SSSR count). The molecule has 9 nitrogen and oxygen atoms in total. The van der Waals surface area contributed by atoms with E-state index < -0.39 is 18.0 Å². The topological polar surface area (TPSA) is 125 Å². The van der Waals surface area contributed by atoms with Crippen LogP contribution in [0.4, 0.5) is 0 Å². The SMILES string of the molecule is CCCCCCCCC(CCCCCC)CC(=O)OCCCCCCOC(=O)CCC(O)C(=O)OCCCCCCOC(=O)CC(CCCCCC)CCCCCCCC. The molecule has 1 N–H and O–H groups in total. The van der Waals surface area contributed by atoms with Crippen LogP contribution in [0.15, 0.2) is 0 Å². The fraction of sp³-hybridized carbons (Fsp3) is 0.922. The van der Waals surface area contributed by atoms with Crippen molar-refractivity contribution in [3.8, 4) is 0 Å². The highest BCUT2D eigenvalue weighted by molar-refractivity contribution is 5.76. The van der Waals surface area contributed by atoms with Crippen LogP contribution in [0.25, 0.3) is 0 Å². The molecule has 0 aromatic carbocycles. The molecule has 354 valence electrons. The van der Waals surface area contributed by atoms with Gasteiger partial charge in [-0.1, -0.05) is 156 Å². The summed E-state index contributed by atoms with van der Waals surface area (Å²) in [4.78, 5) is 49.5. The molecule has 0 bridgehead atoms. The number of aliphatic hydroxyl groups is 1. The number of carbonyl (C=O) groups excluding carboxylic acids is 4. The third-order valence-electron chi connectivity index (χ3n) is 11.8. The highest BCUT2D eigenvalue weighted by Gasteiger charge is 2.19. The van der Waals surface area contributed by atoms with Gasteiger partial charge >= 0.3 is 23.9 Å². The number of aliphatic hydroxyl groups excluding tert-OH is 1. The molecule has 0 radical (unpaired) electrons. The number of hydrogen-bond donors (Lipinski definition) is 1. The zero-order valence-corrected chi connectivity index (χ0v) is 39.7. The van der Waals surface area contributed by atoms with Crippen molar-refractivity contribution in [2.24, 2.45) is 11.8 Å². The number of hydrogen-bond acceptors (Lipinski definition) is 9. The molecule has 0 aromatic rings. The average Bonchev–Trinajstić information content (AvgIpc) is 3.24. The molecule has 0 aliphatic heterocycles. The summed E-state index contributed by atoms with van der Waals surface area (Å²) in [6.07, 6.45) is 35.6. The maximum atomic E-state index is 12.6. The summed E-state index contributed by atoms with van der Waals surface area (Å²) >= 11 is 0. The van der Waals surface area contributed by atoms with E-state index in [1.165, 1.54) is 128 Å². The first-order chi connectivity index (χ1) is 29.3. The van der Waals surface area contributed by atoms with E-state index in [1.807, 2.05) is 0 Å². The summed E-state index contributed by atoms with van der Waals surface area (Å²) in [6, 6.07) is 0. The van der Waals surface area contributed by atoms with E-state index in [9.17, 15) is 24.3 Å². The van der Waals surface area contributed by atoms with Crippen molar-refractivity contribution in [2.75, 3.05) is 26.4 Å². The summed E-state index contributed by atoms with van der Waals surface area (Å²) in [5.74, 6) is -0.455. The summed E-state index contributed by atoms with van der Waals surface area (Å²) in [6.45, 7) is 10.3. The number of unbranched alkanes of at least 4 members (excludes halogenated alkanes) is 22. The molecule has 0 aliphatic rings. The monoisotopic (exact) mass is 853 g/mol. The fourth-order valence-corrected chi connectivity index (χ4v) is 7.82. The molecule has 60 heavy (non-hydrogen) atoms. The van der Waals surface area contributed by atoms with E-state index >= 15 is 0 Å². The van der Waals surface area contributed by atoms with E-state index in [2.05, 4.69) is 27.7 Å². The molecule has 0 spiro atoms. The molecular weight excluding hydrogens is 757 g/mol. The van der Waals surface area contributed by atoms with Crippen LogP contribution in [0.2, 0.25) is 0 Å². The van der Waals surface area contributed by atoms with E-state index in [0.29, 0.717) is 50.7 Å². The Morgan fingerprint density at radius 3 is 1.00 bits per heavy atom. The van der Waals surface area contributed by atoms with Gasteiger partial charge in [0, 0.05) is 19.3 Å². The lowest BCUT2D eigenvalue weighted by atomic mass is 9.91. The van der Waals surface area contributed by atoms with Gasteiger partial charge in [0.05, 0.1) is 26.4 Å². The minimum atomic E-state index is -1.36. The Labute approximate surface area is 369 Å². The Hall–Kier alpha value is -2.16. The summed E-state index contributed by atoms with van der Waals surface area (Å²) in [7, 11) is 0. The standard InChI is InChI=1S/C51H96O9/c1-5-9-13-17-19-27-35-45(33-25-15-11-7-3)43-49(54)58-40-30-22-21-29-39-57-48(53)38-37-47(52)51(56)60-42-32-24-23-31-41-59-50(55)44-46(34-26-16-12-8-4)36-28-20-18-14-10-6-2/h45-47,52H,5-44H2,1-4H3. The van der Waals surface area contributed by atoms with Crippen LogP contribution in [-0.4, -0.2) is 61.5 Å². The zero-order chi connectivity index (χ0) is 44.2. The Bertz CT molecular complexity index is 986. The molecule has 9 heteroatoms. The Kier molecular flexibility index (Phi) is 43.3. The number of carbonyl (C=O) groups is 4. The quantitative estimate of drug-likeness (QED) is 0.0362. The Morgan fingerprint density at radius 2 is 0.633 bits per heavy atom. The largest absolute Gasteiger partial charge is 0.466 e. The van der Waals surface area contributed by atoms with E-state index in [1.54, 1.807) is 0 Å².